The van der Waals surface area contributed by atoms with E-state index in [-0.39, 0.29) is 5.56 Å². The molecule has 0 spiro atoms. The predicted octanol–water partition coefficient (Wildman–Crippen LogP) is 6.02. The van der Waals surface area contributed by atoms with Gasteiger partial charge < -0.3 is 4.98 Å². The van der Waals surface area contributed by atoms with Crippen molar-refractivity contribution in [2.75, 3.05) is 0 Å². The van der Waals surface area contributed by atoms with E-state index in [1.165, 1.54) is 0 Å². The smallest absolute Gasteiger partial charge is 0.253 e. The number of fused-ring (bicyclic) bond motifs is 1. The summed E-state index contributed by atoms with van der Waals surface area (Å²) in [5.74, 6) is 0.611. The van der Waals surface area contributed by atoms with Gasteiger partial charge in [0.2, 0.25) is 0 Å². The van der Waals surface area contributed by atoms with Crippen LogP contribution in [-0.4, -0.2) is 30.1 Å². The molecular formula is C30H31ClN6O. The van der Waals surface area contributed by atoms with E-state index in [4.69, 9.17) is 11.6 Å². The monoisotopic (exact) mass is 526 g/mol. The topological polar surface area (TPSA) is 79.7 Å². The normalized spacial score (nSPS) is 12.8. The molecule has 5 rings (SSSR count). The quantitative estimate of drug-likeness (QED) is 0.280. The number of nitrogens with zero attached hydrogens (tertiary/aromatic N) is 5. The van der Waals surface area contributed by atoms with E-state index in [0.29, 0.717) is 29.5 Å². The number of halogens is 1. The number of hydrogen-bond acceptors (Lipinski definition) is 5. The highest BCUT2D eigenvalue weighted by Crippen LogP contribution is 2.32. The van der Waals surface area contributed by atoms with Crippen molar-refractivity contribution in [3.05, 3.63) is 122 Å². The molecule has 0 saturated carbocycles. The van der Waals surface area contributed by atoms with Crippen LogP contribution in [0, 0.1) is 6.92 Å². The molecule has 0 radical (unpaired) electrons. The first kappa shape index (κ1) is 25.8. The standard InChI is InChI=1S/C30H31ClN6O/c1-20-9-8-12-23-17-25(29(38)32-26(20)23)27(28-33-34-35-37(28)30(2,3)4)36(18-21-10-6-5-7-11-21)19-22-13-15-24(31)16-14-22/h5-17,27H,18-19H2,1-4H3,(H,32,38)/t27-/m0/s1. The van der Waals surface area contributed by atoms with Gasteiger partial charge in [-0.15, -0.1) is 5.10 Å². The van der Waals surface area contributed by atoms with Crippen LogP contribution in [0.25, 0.3) is 10.9 Å². The fourth-order valence-corrected chi connectivity index (χ4v) is 4.95. The largest absolute Gasteiger partial charge is 0.321 e. The first-order valence-electron chi connectivity index (χ1n) is 12.6. The van der Waals surface area contributed by atoms with E-state index in [1.807, 2.05) is 78.3 Å². The van der Waals surface area contributed by atoms with Crippen LogP contribution in [0.5, 0.6) is 0 Å². The lowest BCUT2D eigenvalue weighted by Crippen LogP contribution is -2.37. The second-order valence-corrected chi connectivity index (χ2v) is 11.1. The predicted molar refractivity (Wildman–Crippen MR) is 151 cm³/mol. The van der Waals surface area contributed by atoms with E-state index < -0.39 is 11.6 Å². The number of hydrogen-bond donors (Lipinski definition) is 1. The van der Waals surface area contributed by atoms with Gasteiger partial charge in [0.15, 0.2) is 5.82 Å². The molecule has 0 bridgehead atoms. The van der Waals surface area contributed by atoms with Crippen LogP contribution in [0.1, 0.15) is 54.9 Å². The Morgan fingerprint density at radius 3 is 2.32 bits per heavy atom. The molecule has 0 fully saturated rings. The van der Waals surface area contributed by atoms with Crippen molar-refractivity contribution in [1.29, 1.82) is 0 Å². The Labute approximate surface area is 227 Å². The van der Waals surface area contributed by atoms with Gasteiger partial charge in [-0.1, -0.05) is 72.3 Å². The molecule has 5 aromatic rings. The van der Waals surface area contributed by atoms with Gasteiger partial charge in [-0.25, -0.2) is 4.68 Å². The van der Waals surface area contributed by atoms with Gasteiger partial charge in [0, 0.05) is 23.7 Å². The number of aryl methyl sites for hydroxylation is 1. The Bertz CT molecular complexity index is 1600. The van der Waals surface area contributed by atoms with Crippen molar-refractivity contribution < 1.29 is 0 Å². The molecular weight excluding hydrogens is 496 g/mol. The van der Waals surface area contributed by atoms with E-state index >= 15 is 0 Å². The molecule has 2 heterocycles. The zero-order valence-corrected chi connectivity index (χ0v) is 22.8. The number of rotatable bonds is 7. The Hall–Kier alpha value is -3.81. The van der Waals surface area contributed by atoms with Gasteiger partial charge in [-0.3, -0.25) is 9.69 Å². The number of para-hydroxylation sites is 1. The highest BCUT2D eigenvalue weighted by atomic mass is 35.5. The molecule has 0 saturated heterocycles. The first-order valence-corrected chi connectivity index (χ1v) is 13.0. The Balaban J connectivity index is 1.73. The average molecular weight is 527 g/mol. The van der Waals surface area contributed by atoms with Gasteiger partial charge in [0.25, 0.3) is 5.56 Å². The van der Waals surface area contributed by atoms with Crippen LogP contribution < -0.4 is 5.56 Å². The lowest BCUT2D eigenvalue weighted by molar-refractivity contribution is 0.184. The third-order valence-corrected chi connectivity index (χ3v) is 6.93. The molecule has 38 heavy (non-hydrogen) atoms. The summed E-state index contributed by atoms with van der Waals surface area (Å²) >= 11 is 6.19. The summed E-state index contributed by atoms with van der Waals surface area (Å²) in [4.78, 5) is 19.1. The average Bonchev–Trinajstić information content (AvgIpc) is 3.37. The maximum atomic E-state index is 13.8. The summed E-state index contributed by atoms with van der Waals surface area (Å²) in [6.45, 7) is 9.29. The fraction of sp³-hybridized carbons (Fsp3) is 0.267. The Morgan fingerprint density at radius 2 is 1.63 bits per heavy atom. The number of pyridine rings is 1. The number of aromatic amines is 1. The van der Waals surface area contributed by atoms with E-state index in [1.54, 1.807) is 0 Å². The number of aromatic nitrogens is 5. The number of H-pyrrole nitrogens is 1. The summed E-state index contributed by atoms with van der Waals surface area (Å²) in [6, 6.07) is 25.5. The van der Waals surface area contributed by atoms with Crippen molar-refractivity contribution in [2.24, 2.45) is 0 Å². The van der Waals surface area contributed by atoms with E-state index in [2.05, 4.69) is 58.3 Å². The second kappa shape index (κ2) is 10.5. The molecule has 2 aromatic heterocycles. The minimum atomic E-state index is -0.520. The molecule has 194 valence electrons. The molecule has 3 aromatic carbocycles. The molecule has 1 atom stereocenters. The highest BCUT2D eigenvalue weighted by Gasteiger charge is 2.33. The summed E-state index contributed by atoms with van der Waals surface area (Å²) < 4.78 is 1.82. The number of benzene rings is 3. The lowest BCUT2D eigenvalue weighted by atomic mass is 9.99. The molecule has 8 heteroatoms. The summed E-state index contributed by atoms with van der Waals surface area (Å²) in [7, 11) is 0. The zero-order valence-electron chi connectivity index (χ0n) is 22.0. The van der Waals surface area contributed by atoms with Gasteiger partial charge in [0.05, 0.1) is 11.1 Å². The van der Waals surface area contributed by atoms with Crippen LogP contribution in [0.15, 0.2) is 83.7 Å². The minimum Gasteiger partial charge on any atom is -0.321 e. The van der Waals surface area contributed by atoms with Gasteiger partial charge >= 0.3 is 0 Å². The summed E-state index contributed by atoms with van der Waals surface area (Å²) in [5.41, 5.74) is 4.08. The van der Waals surface area contributed by atoms with E-state index in [0.717, 1.165) is 27.6 Å². The molecule has 7 nitrogen and oxygen atoms in total. The molecule has 0 aliphatic heterocycles. The highest BCUT2D eigenvalue weighted by molar-refractivity contribution is 6.30. The third kappa shape index (κ3) is 5.39. The van der Waals surface area contributed by atoms with Crippen LogP contribution in [0.2, 0.25) is 5.02 Å². The summed E-state index contributed by atoms with van der Waals surface area (Å²) in [6.07, 6.45) is 0. The van der Waals surface area contributed by atoms with Gasteiger partial charge in [-0.05, 0) is 78.4 Å². The third-order valence-electron chi connectivity index (χ3n) is 6.68. The van der Waals surface area contributed by atoms with Crippen molar-refractivity contribution in [2.45, 2.75) is 52.4 Å². The second-order valence-electron chi connectivity index (χ2n) is 10.6. The van der Waals surface area contributed by atoms with Crippen LogP contribution in [0.3, 0.4) is 0 Å². The SMILES string of the molecule is Cc1cccc2cc([C@@H](c3nnnn3C(C)(C)C)N(Cc3ccccc3)Cc3ccc(Cl)cc3)c(=O)[nH]c12. The van der Waals surface area contributed by atoms with Crippen molar-refractivity contribution in [3.8, 4) is 0 Å². The maximum Gasteiger partial charge on any atom is 0.253 e. The van der Waals surface area contributed by atoms with Crippen molar-refractivity contribution in [1.82, 2.24) is 30.1 Å². The van der Waals surface area contributed by atoms with Gasteiger partial charge in [0.1, 0.15) is 6.04 Å². The Kier molecular flexibility index (Phi) is 7.15. The minimum absolute atomic E-state index is 0.158. The first-order chi connectivity index (χ1) is 18.2. The molecule has 0 unspecified atom stereocenters. The van der Waals surface area contributed by atoms with Crippen LogP contribution in [-0.2, 0) is 18.6 Å². The van der Waals surface area contributed by atoms with Crippen LogP contribution in [0.4, 0.5) is 0 Å². The molecule has 0 amide bonds. The summed E-state index contributed by atoms with van der Waals surface area (Å²) in [5, 5.41) is 14.5. The zero-order chi connectivity index (χ0) is 26.9. The number of nitrogens with one attached hydrogen (secondary N) is 1. The molecule has 0 aliphatic rings. The van der Waals surface area contributed by atoms with Crippen molar-refractivity contribution in [3.63, 3.8) is 0 Å². The van der Waals surface area contributed by atoms with Crippen LogP contribution >= 0.6 is 11.6 Å². The number of tetrazole rings is 1. The molecule has 0 aliphatic carbocycles. The fourth-order valence-electron chi connectivity index (χ4n) is 4.83. The maximum absolute atomic E-state index is 13.8. The van der Waals surface area contributed by atoms with Gasteiger partial charge in [-0.2, -0.15) is 0 Å². The Morgan fingerprint density at radius 1 is 0.947 bits per heavy atom. The van der Waals surface area contributed by atoms with E-state index in [9.17, 15) is 4.79 Å². The lowest BCUT2D eigenvalue weighted by Gasteiger charge is -2.33. The molecule has 1 N–H and O–H groups in total. The van der Waals surface area contributed by atoms with Crippen molar-refractivity contribution >= 4 is 22.5 Å².